The first-order valence-corrected chi connectivity index (χ1v) is 21.2. The van der Waals surface area contributed by atoms with Gasteiger partial charge in [-0.25, -0.2) is 0 Å². The second-order valence-electron chi connectivity index (χ2n) is 16.7. The highest BCUT2D eigenvalue weighted by molar-refractivity contribution is 6.34. The van der Waals surface area contributed by atoms with Crippen LogP contribution in [0.15, 0.2) is 200 Å². The maximum absolute atomic E-state index is 2.50. The van der Waals surface area contributed by atoms with E-state index in [-0.39, 0.29) is 0 Å². The van der Waals surface area contributed by atoms with Crippen molar-refractivity contribution in [3.8, 4) is 11.4 Å². The van der Waals surface area contributed by atoms with E-state index in [2.05, 4.69) is 228 Å². The molecule has 2 aromatic heterocycles. The number of aromatic nitrogens is 2. The third-order valence-corrected chi connectivity index (χ3v) is 13.1. The summed E-state index contributed by atoms with van der Waals surface area (Å²) in [7, 11) is 0. The zero-order valence-electron chi connectivity index (χ0n) is 33.9. The molecule has 0 spiro atoms. The summed E-state index contributed by atoms with van der Waals surface area (Å²) >= 11 is 0. The molecular formula is C58H39N3. The molecule has 3 heteroatoms. The summed E-state index contributed by atoms with van der Waals surface area (Å²) in [4.78, 5) is 2.50. The number of para-hydroxylation sites is 2. The molecule has 13 rings (SSSR count). The standard InChI is InChI=1S/C58H39N3/c1-36-12-7-16-39(32-36)60-52-24-5-3-18-43(52)50-34-41(26-29-55(50)60)59(42-27-30-56-51(35-42)44-19-4-6-25-53(44)61(56)40-17-8-13-37(2)33-40)54-31-28-48-46-21-10-15-38-14-9-20-45(57(38)46)47-22-11-23-49(54)58(47)48/h3-35H,1-2H3. The first-order chi connectivity index (χ1) is 30.1. The molecule has 0 atom stereocenters. The summed E-state index contributed by atoms with van der Waals surface area (Å²) in [6, 6.07) is 74.5. The second-order valence-corrected chi connectivity index (χ2v) is 16.7. The summed E-state index contributed by atoms with van der Waals surface area (Å²) in [5.74, 6) is 0. The zero-order chi connectivity index (χ0) is 40.3. The van der Waals surface area contributed by atoms with E-state index in [1.54, 1.807) is 0 Å². The van der Waals surface area contributed by atoms with Crippen molar-refractivity contribution >= 4 is 104 Å². The average molecular weight is 778 g/mol. The van der Waals surface area contributed by atoms with Gasteiger partial charge in [0.25, 0.3) is 0 Å². The third kappa shape index (κ3) is 4.92. The average Bonchev–Trinajstić information content (AvgIpc) is 3.81. The monoisotopic (exact) mass is 777 g/mol. The van der Waals surface area contributed by atoms with E-state index in [4.69, 9.17) is 0 Å². The number of hydrogen-bond donors (Lipinski definition) is 0. The molecule has 0 fully saturated rings. The summed E-state index contributed by atoms with van der Waals surface area (Å²) in [5, 5.41) is 15.2. The van der Waals surface area contributed by atoms with Gasteiger partial charge < -0.3 is 14.0 Å². The Hall–Kier alpha value is -7.88. The van der Waals surface area contributed by atoms with E-state index < -0.39 is 0 Å². The minimum Gasteiger partial charge on any atom is -0.310 e. The van der Waals surface area contributed by atoms with Crippen LogP contribution in [0.3, 0.4) is 0 Å². The van der Waals surface area contributed by atoms with Crippen LogP contribution in [-0.4, -0.2) is 9.13 Å². The van der Waals surface area contributed by atoms with Gasteiger partial charge in [0.05, 0.1) is 27.8 Å². The molecular weight excluding hydrogens is 739 g/mol. The van der Waals surface area contributed by atoms with E-state index in [9.17, 15) is 0 Å². The highest BCUT2D eigenvalue weighted by atomic mass is 15.1. The lowest BCUT2D eigenvalue weighted by Gasteiger charge is -2.28. The van der Waals surface area contributed by atoms with Gasteiger partial charge in [0.1, 0.15) is 0 Å². The Balaban J connectivity index is 1.12. The smallest absolute Gasteiger partial charge is 0.0542 e. The largest absolute Gasteiger partial charge is 0.310 e. The molecule has 0 amide bonds. The SMILES string of the molecule is Cc1cccc(-n2c3ccccc3c3cc(N(c4ccc5c(c4)c4ccccc4n5-c4cccc(C)c4)c4ccc5c6cccc7cccc(c8cccc4c85)c76)ccc32)c1. The Morgan fingerprint density at radius 3 is 1.31 bits per heavy atom. The Morgan fingerprint density at radius 2 is 0.754 bits per heavy atom. The summed E-state index contributed by atoms with van der Waals surface area (Å²) in [6.07, 6.45) is 0. The van der Waals surface area contributed by atoms with Gasteiger partial charge in [-0.1, -0.05) is 121 Å². The molecule has 2 heterocycles. The van der Waals surface area contributed by atoms with Crippen LogP contribution in [0, 0.1) is 13.8 Å². The Labute approximate surface area is 352 Å². The molecule has 0 radical (unpaired) electrons. The number of fused-ring (bicyclic) bond motifs is 8. The molecule has 0 N–H and O–H groups in total. The van der Waals surface area contributed by atoms with Gasteiger partial charge in [-0.05, 0) is 142 Å². The van der Waals surface area contributed by atoms with Gasteiger partial charge in [0.2, 0.25) is 0 Å². The maximum atomic E-state index is 2.50. The highest BCUT2D eigenvalue weighted by Crippen LogP contribution is 2.48. The first-order valence-electron chi connectivity index (χ1n) is 21.2. The third-order valence-electron chi connectivity index (χ3n) is 13.1. The van der Waals surface area contributed by atoms with Gasteiger partial charge >= 0.3 is 0 Å². The molecule has 0 unspecified atom stereocenters. The second kappa shape index (κ2) is 12.8. The highest BCUT2D eigenvalue weighted by Gasteiger charge is 2.23. The predicted molar refractivity (Wildman–Crippen MR) is 260 cm³/mol. The van der Waals surface area contributed by atoms with E-state index in [1.807, 2.05) is 0 Å². The van der Waals surface area contributed by atoms with Crippen molar-refractivity contribution < 1.29 is 0 Å². The van der Waals surface area contributed by atoms with Crippen molar-refractivity contribution in [1.82, 2.24) is 9.13 Å². The van der Waals surface area contributed by atoms with Crippen LogP contribution in [0.1, 0.15) is 11.1 Å². The fourth-order valence-corrected chi connectivity index (χ4v) is 10.5. The molecule has 0 aliphatic heterocycles. The van der Waals surface area contributed by atoms with E-state index >= 15 is 0 Å². The van der Waals surface area contributed by atoms with Gasteiger partial charge in [-0.15, -0.1) is 0 Å². The molecule has 286 valence electrons. The van der Waals surface area contributed by atoms with Crippen molar-refractivity contribution in [3.05, 3.63) is 211 Å². The lowest BCUT2D eigenvalue weighted by Crippen LogP contribution is -2.11. The molecule has 11 aromatic carbocycles. The van der Waals surface area contributed by atoms with E-state index in [1.165, 1.54) is 109 Å². The van der Waals surface area contributed by atoms with Crippen LogP contribution in [0.25, 0.3) is 98.1 Å². The van der Waals surface area contributed by atoms with Crippen LogP contribution in [0.5, 0.6) is 0 Å². The molecule has 13 aromatic rings. The van der Waals surface area contributed by atoms with Crippen LogP contribution in [-0.2, 0) is 0 Å². The fourth-order valence-electron chi connectivity index (χ4n) is 10.5. The maximum Gasteiger partial charge on any atom is 0.0542 e. The summed E-state index contributed by atoms with van der Waals surface area (Å²) < 4.78 is 4.83. The molecule has 0 bridgehead atoms. The van der Waals surface area contributed by atoms with Gasteiger partial charge in [-0.2, -0.15) is 0 Å². The zero-order valence-corrected chi connectivity index (χ0v) is 33.9. The Bertz CT molecular complexity index is 3710. The minimum atomic E-state index is 1.11. The summed E-state index contributed by atoms with van der Waals surface area (Å²) in [6.45, 7) is 4.34. The van der Waals surface area contributed by atoms with E-state index in [0.29, 0.717) is 0 Å². The van der Waals surface area contributed by atoms with Crippen LogP contribution >= 0.6 is 0 Å². The topological polar surface area (TPSA) is 13.1 Å². The van der Waals surface area contributed by atoms with Gasteiger partial charge in [0.15, 0.2) is 0 Å². The van der Waals surface area contributed by atoms with Crippen molar-refractivity contribution in [3.63, 3.8) is 0 Å². The molecule has 0 saturated heterocycles. The quantitative estimate of drug-likeness (QED) is 0.125. The lowest BCUT2D eigenvalue weighted by molar-refractivity contribution is 1.17. The number of rotatable bonds is 5. The van der Waals surface area contributed by atoms with Crippen molar-refractivity contribution in [2.45, 2.75) is 13.8 Å². The fraction of sp³-hybridized carbons (Fsp3) is 0.0345. The molecule has 0 saturated carbocycles. The number of anilines is 3. The normalized spacial score (nSPS) is 12.1. The summed E-state index contributed by atoms with van der Waals surface area (Å²) in [5.41, 5.74) is 13.0. The minimum absolute atomic E-state index is 1.11. The number of nitrogens with zero attached hydrogens (tertiary/aromatic N) is 3. The Morgan fingerprint density at radius 1 is 0.311 bits per heavy atom. The van der Waals surface area contributed by atoms with E-state index in [0.717, 1.165) is 17.1 Å². The number of aryl methyl sites for hydroxylation is 2. The predicted octanol–water partition coefficient (Wildman–Crippen LogP) is 16.0. The van der Waals surface area contributed by atoms with Crippen molar-refractivity contribution in [2.24, 2.45) is 0 Å². The number of hydrogen-bond acceptors (Lipinski definition) is 1. The van der Waals surface area contributed by atoms with Crippen molar-refractivity contribution in [1.29, 1.82) is 0 Å². The van der Waals surface area contributed by atoms with Crippen LogP contribution < -0.4 is 4.90 Å². The molecule has 0 aliphatic carbocycles. The van der Waals surface area contributed by atoms with Gasteiger partial charge in [-0.3, -0.25) is 0 Å². The van der Waals surface area contributed by atoms with Crippen LogP contribution in [0.4, 0.5) is 17.1 Å². The Kier molecular flexibility index (Phi) is 7.15. The lowest BCUT2D eigenvalue weighted by atomic mass is 9.89. The molecule has 61 heavy (non-hydrogen) atoms. The molecule has 0 aliphatic rings. The van der Waals surface area contributed by atoms with Gasteiger partial charge in [0, 0.05) is 49.7 Å². The first kappa shape index (κ1) is 34.0. The molecule has 3 nitrogen and oxygen atoms in total. The van der Waals surface area contributed by atoms with Crippen LogP contribution in [0.2, 0.25) is 0 Å². The van der Waals surface area contributed by atoms with Crippen molar-refractivity contribution in [2.75, 3.05) is 4.90 Å². The number of benzene rings is 11.